The van der Waals surface area contributed by atoms with E-state index in [0.29, 0.717) is 18.5 Å². The van der Waals surface area contributed by atoms with Crippen LogP contribution in [0.15, 0.2) is 24.3 Å². The molecule has 7 heteroatoms. The summed E-state index contributed by atoms with van der Waals surface area (Å²) in [6, 6.07) is 7.77. The molecule has 138 valence electrons. The molecule has 0 radical (unpaired) electrons. The average molecular weight is 356 g/mol. The molecule has 0 aliphatic heterocycles. The van der Waals surface area contributed by atoms with Crippen molar-refractivity contribution >= 4 is 11.9 Å². The van der Waals surface area contributed by atoms with E-state index in [1.54, 1.807) is 11.6 Å². The van der Waals surface area contributed by atoms with Crippen LogP contribution < -0.4 is 5.32 Å². The van der Waals surface area contributed by atoms with E-state index in [0.717, 1.165) is 24.1 Å². The number of hydrogen-bond donors (Lipinski definition) is 2. The van der Waals surface area contributed by atoms with Crippen LogP contribution in [0.1, 0.15) is 54.4 Å². The topological polar surface area (TPSA) is 97.1 Å². The average Bonchev–Trinajstić information content (AvgIpc) is 2.97. The van der Waals surface area contributed by atoms with E-state index in [-0.39, 0.29) is 11.6 Å². The number of carboxylic acid groups (broad SMARTS) is 1. The Hall–Kier alpha value is -2.70. The normalized spacial score (nSPS) is 22.8. The van der Waals surface area contributed by atoms with Gasteiger partial charge in [-0.25, -0.2) is 4.68 Å². The molecule has 1 saturated carbocycles. The minimum Gasteiger partial charge on any atom is -0.481 e. The van der Waals surface area contributed by atoms with Crippen molar-refractivity contribution in [3.8, 4) is 5.69 Å². The zero-order chi connectivity index (χ0) is 18.9. The summed E-state index contributed by atoms with van der Waals surface area (Å²) < 4.78 is 1.62. The first kappa shape index (κ1) is 18.1. The van der Waals surface area contributed by atoms with Gasteiger partial charge in [0.25, 0.3) is 5.91 Å². The summed E-state index contributed by atoms with van der Waals surface area (Å²) in [6.07, 6.45) is 2.97. The maximum absolute atomic E-state index is 12.8. The number of carboxylic acids is 1. The second-order valence-electron chi connectivity index (χ2n) is 7.28. The summed E-state index contributed by atoms with van der Waals surface area (Å²) in [5.41, 5.74) is 2.03. The van der Waals surface area contributed by atoms with Crippen molar-refractivity contribution in [3.63, 3.8) is 0 Å². The highest BCUT2D eigenvalue weighted by molar-refractivity contribution is 5.94. The lowest BCUT2D eigenvalue weighted by Gasteiger charge is -2.39. The molecule has 1 amide bonds. The van der Waals surface area contributed by atoms with Gasteiger partial charge in [-0.1, -0.05) is 35.8 Å². The molecule has 3 rings (SSSR count). The number of aromatic nitrogens is 3. The first-order valence-electron chi connectivity index (χ1n) is 8.86. The number of amides is 1. The van der Waals surface area contributed by atoms with Gasteiger partial charge in [0.2, 0.25) is 0 Å². The number of hydrogen-bond acceptors (Lipinski definition) is 4. The van der Waals surface area contributed by atoms with Crippen molar-refractivity contribution < 1.29 is 14.7 Å². The van der Waals surface area contributed by atoms with Crippen LogP contribution in [0.3, 0.4) is 0 Å². The minimum absolute atomic E-state index is 0.224. The largest absolute Gasteiger partial charge is 0.481 e. The summed E-state index contributed by atoms with van der Waals surface area (Å²) >= 11 is 0. The first-order valence-corrected chi connectivity index (χ1v) is 8.86. The molecule has 1 aromatic carbocycles. The molecule has 2 unspecified atom stereocenters. The Morgan fingerprint density at radius 1 is 1.23 bits per heavy atom. The highest BCUT2D eigenvalue weighted by atomic mass is 16.4. The second-order valence-corrected chi connectivity index (χ2v) is 7.28. The Morgan fingerprint density at radius 2 is 1.92 bits per heavy atom. The van der Waals surface area contributed by atoms with Crippen LogP contribution in [0.2, 0.25) is 0 Å². The zero-order valence-corrected chi connectivity index (χ0v) is 15.3. The monoisotopic (exact) mass is 356 g/mol. The van der Waals surface area contributed by atoms with E-state index >= 15 is 0 Å². The van der Waals surface area contributed by atoms with Gasteiger partial charge in [0.1, 0.15) is 0 Å². The van der Waals surface area contributed by atoms with Gasteiger partial charge in [-0.05, 0) is 45.7 Å². The Labute approximate surface area is 152 Å². The van der Waals surface area contributed by atoms with E-state index in [4.69, 9.17) is 0 Å². The van der Waals surface area contributed by atoms with Crippen molar-refractivity contribution in [2.24, 2.45) is 5.92 Å². The van der Waals surface area contributed by atoms with Crippen molar-refractivity contribution in [1.29, 1.82) is 0 Å². The molecule has 2 N–H and O–H groups in total. The fraction of sp³-hybridized carbons (Fsp3) is 0.474. The maximum atomic E-state index is 12.8. The van der Waals surface area contributed by atoms with Crippen molar-refractivity contribution in [3.05, 3.63) is 41.2 Å². The summed E-state index contributed by atoms with van der Waals surface area (Å²) in [4.78, 5) is 24.4. The first-order chi connectivity index (χ1) is 12.3. The number of aryl methyl sites for hydroxylation is 1. The van der Waals surface area contributed by atoms with Gasteiger partial charge in [-0.3, -0.25) is 9.59 Å². The molecule has 1 aromatic heterocycles. The van der Waals surface area contributed by atoms with Crippen molar-refractivity contribution in [1.82, 2.24) is 20.3 Å². The van der Waals surface area contributed by atoms with Crippen LogP contribution in [-0.4, -0.2) is 37.5 Å². The highest BCUT2D eigenvalue weighted by Gasteiger charge is 2.42. The summed E-state index contributed by atoms with van der Waals surface area (Å²) in [5.74, 6) is -1.84. The van der Waals surface area contributed by atoms with Gasteiger partial charge < -0.3 is 10.4 Å². The maximum Gasteiger partial charge on any atom is 0.308 e. The molecule has 0 spiro atoms. The van der Waals surface area contributed by atoms with E-state index in [2.05, 4.69) is 15.6 Å². The van der Waals surface area contributed by atoms with Crippen LogP contribution in [-0.2, 0) is 4.79 Å². The number of rotatable bonds is 4. The van der Waals surface area contributed by atoms with E-state index in [9.17, 15) is 14.7 Å². The van der Waals surface area contributed by atoms with Gasteiger partial charge in [-0.15, -0.1) is 5.10 Å². The number of aliphatic carboxylic acids is 1. The Bertz CT molecular complexity index is 828. The predicted octanol–water partition coefficient (Wildman–Crippen LogP) is 2.65. The third kappa shape index (κ3) is 3.34. The number of carbonyl (C=O) groups excluding carboxylic acids is 1. The van der Waals surface area contributed by atoms with Crippen molar-refractivity contribution in [2.75, 3.05) is 0 Å². The Morgan fingerprint density at radius 3 is 2.58 bits per heavy atom. The molecule has 26 heavy (non-hydrogen) atoms. The lowest BCUT2D eigenvalue weighted by molar-refractivity contribution is -0.145. The van der Waals surface area contributed by atoms with Crippen molar-refractivity contribution in [2.45, 2.75) is 52.0 Å². The fourth-order valence-electron chi connectivity index (χ4n) is 3.67. The quantitative estimate of drug-likeness (QED) is 0.878. The molecule has 1 aliphatic rings. The fourth-order valence-corrected chi connectivity index (χ4v) is 3.67. The lowest BCUT2D eigenvalue weighted by atomic mass is 9.74. The number of benzene rings is 1. The third-order valence-electron chi connectivity index (χ3n) is 5.29. The van der Waals surface area contributed by atoms with Gasteiger partial charge in [0.15, 0.2) is 5.69 Å². The smallest absolute Gasteiger partial charge is 0.308 e. The molecule has 2 aromatic rings. The van der Waals surface area contributed by atoms with Crippen LogP contribution in [0.25, 0.3) is 5.69 Å². The van der Waals surface area contributed by atoms with Crippen LogP contribution in [0, 0.1) is 19.8 Å². The standard InChI is InChI=1S/C19H24N4O3/c1-12-7-9-14(10-8-12)23-13(2)16(21-22-23)17(24)20-19(3)11-5-4-6-15(19)18(25)26/h7-10,15H,4-6,11H2,1-3H3,(H,20,24)(H,25,26). The van der Waals surface area contributed by atoms with Gasteiger partial charge in [0.05, 0.1) is 22.8 Å². The van der Waals surface area contributed by atoms with Crippen LogP contribution in [0.4, 0.5) is 0 Å². The van der Waals surface area contributed by atoms with Gasteiger partial charge >= 0.3 is 5.97 Å². The summed E-state index contributed by atoms with van der Waals surface area (Å²) in [5, 5.41) is 20.6. The molecular formula is C19H24N4O3. The van der Waals surface area contributed by atoms with Crippen LogP contribution in [0.5, 0.6) is 0 Å². The minimum atomic E-state index is -0.868. The lowest BCUT2D eigenvalue weighted by Crippen LogP contribution is -2.55. The molecule has 0 bridgehead atoms. The predicted molar refractivity (Wildman–Crippen MR) is 96.3 cm³/mol. The van der Waals surface area contributed by atoms with E-state index < -0.39 is 17.4 Å². The van der Waals surface area contributed by atoms with Gasteiger partial charge in [-0.2, -0.15) is 0 Å². The number of carbonyl (C=O) groups is 2. The molecular weight excluding hydrogens is 332 g/mol. The van der Waals surface area contributed by atoms with E-state index in [1.807, 2.05) is 38.1 Å². The van der Waals surface area contributed by atoms with E-state index in [1.165, 1.54) is 0 Å². The molecule has 1 fully saturated rings. The SMILES string of the molecule is Cc1ccc(-n2nnc(C(=O)NC3(C)CCCCC3C(=O)O)c2C)cc1. The molecule has 7 nitrogen and oxygen atoms in total. The Balaban J connectivity index is 1.84. The summed E-state index contributed by atoms with van der Waals surface area (Å²) in [7, 11) is 0. The Kier molecular flexibility index (Phi) is 4.80. The third-order valence-corrected chi connectivity index (χ3v) is 5.29. The number of nitrogens with one attached hydrogen (secondary N) is 1. The second kappa shape index (κ2) is 6.90. The molecule has 1 heterocycles. The molecule has 1 aliphatic carbocycles. The van der Waals surface area contributed by atoms with Gasteiger partial charge in [0, 0.05) is 0 Å². The molecule has 2 atom stereocenters. The molecule has 0 saturated heterocycles. The summed E-state index contributed by atoms with van der Waals surface area (Å²) in [6.45, 7) is 5.59. The highest BCUT2D eigenvalue weighted by Crippen LogP contribution is 2.34. The number of nitrogens with zero attached hydrogens (tertiary/aromatic N) is 3. The zero-order valence-electron chi connectivity index (χ0n) is 15.3. The van der Waals surface area contributed by atoms with Crippen LogP contribution >= 0.6 is 0 Å².